The first kappa shape index (κ1) is 16.7. The predicted octanol–water partition coefficient (Wildman–Crippen LogP) is 0.897. The van der Waals surface area contributed by atoms with Gasteiger partial charge in [-0.3, -0.25) is 9.48 Å². The van der Waals surface area contributed by atoms with Crippen molar-refractivity contribution in [3.05, 3.63) is 23.0 Å². The fraction of sp³-hybridized carbons (Fsp3) is 0.571. The van der Waals surface area contributed by atoms with E-state index in [4.69, 9.17) is 0 Å². The van der Waals surface area contributed by atoms with Crippen LogP contribution >= 0.6 is 0 Å². The van der Waals surface area contributed by atoms with Gasteiger partial charge in [-0.1, -0.05) is 6.42 Å². The molecule has 1 saturated heterocycles. The monoisotopic (exact) mass is 326 g/mol. The Balaban J connectivity index is 2.04. The summed E-state index contributed by atoms with van der Waals surface area (Å²) in [5.74, 6) is -0.645. The number of nitrogens with one attached hydrogen (secondary N) is 1. The zero-order valence-corrected chi connectivity index (χ0v) is 14.0. The van der Waals surface area contributed by atoms with E-state index in [9.17, 15) is 13.2 Å². The molecule has 8 heteroatoms. The van der Waals surface area contributed by atoms with Crippen molar-refractivity contribution >= 4 is 22.2 Å². The first-order chi connectivity index (χ1) is 10.3. The highest BCUT2D eigenvalue weighted by atomic mass is 32.2. The van der Waals surface area contributed by atoms with Crippen LogP contribution in [0.25, 0.3) is 6.08 Å². The number of rotatable bonds is 4. The van der Waals surface area contributed by atoms with Crippen LogP contribution in [-0.2, 0) is 22.1 Å². The molecule has 0 aromatic carbocycles. The van der Waals surface area contributed by atoms with E-state index in [1.54, 1.807) is 10.8 Å². The average Bonchev–Trinajstić information content (AvgIpc) is 2.71. The maximum Gasteiger partial charge on any atom is 0.304 e. The summed E-state index contributed by atoms with van der Waals surface area (Å²) in [6.07, 6.45) is 5.52. The molecule has 1 aliphatic rings. The standard InChI is InChI=1S/C14H22N4O3S/c1-11-13(12(2)17(3)15-11)7-8-14(19)16-22(20,21)18-9-5-4-6-10-18/h7-8H,4-6,9-10H2,1-3H3,(H,16,19)/b8-7+. The Hall–Kier alpha value is -1.67. The third kappa shape index (κ3) is 3.75. The molecule has 1 aliphatic heterocycles. The number of aromatic nitrogens is 2. The highest BCUT2D eigenvalue weighted by molar-refractivity contribution is 7.87. The van der Waals surface area contributed by atoms with Crippen LogP contribution < -0.4 is 4.72 Å². The van der Waals surface area contributed by atoms with Crippen molar-refractivity contribution in [3.63, 3.8) is 0 Å². The maximum atomic E-state index is 12.1. The molecule has 1 aromatic heterocycles. The summed E-state index contributed by atoms with van der Waals surface area (Å²) in [5.41, 5.74) is 2.54. The van der Waals surface area contributed by atoms with E-state index < -0.39 is 16.1 Å². The van der Waals surface area contributed by atoms with Crippen LogP contribution in [0, 0.1) is 13.8 Å². The number of amides is 1. The van der Waals surface area contributed by atoms with Crippen molar-refractivity contribution < 1.29 is 13.2 Å². The number of piperidine rings is 1. The molecule has 0 atom stereocenters. The molecular weight excluding hydrogens is 304 g/mol. The Morgan fingerprint density at radius 1 is 1.23 bits per heavy atom. The van der Waals surface area contributed by atoms with E-state index in [0.29, 0.717) is 13.1 Å². The van der Waals surface area contributed by atoms with Crippen LogP contribution in [0.5, 0.6) is 0 Å². The summed E-state index contributed by atoms with van der Waals surface area (Å²) in [5, 5.41) is 4.24. The van der Waals surface area contributed by atoms with Gasteiger partial charge in [0.1, 0.15) is 0 Å². The molecule has 0 radical (unpaired) electrons. The summed E-state index contributed by atoms with van der Waals surface area (Å²) in [6, 6.07) is 0. The van der Waals surface area contributed by atoms with Crippen LogP contribution in [0.15, 0.2) is 6.08 Å². The topological polar surface area (TPSA) is 84.3 Å². The summed E-state index contributed by atoms with van der Waals surface area (Å²) in [4.78, 5) is 11.9. The van der Waals surface area contributed by atoms with Gasteiger partial charge in [0.05, 0.1) is 5.69 Å². The number of aryl methyl sites for hydroxylation is 2. The van der Waals surface area contributed by atoms with Gasteiger partial charge >= 0.3 is 10.2 Å². The number of nitrogens with zero attached hydrogens (tertiary/aromatic N) is 3. The smallest absolute Gasteiger partial charge is 0.272 e. The van der Waals surface area contributed by atoms with Gasteiger partial charge < -0.3 is 0 Å². The minimum atomic E-state index is -3.74. The lowest BCUT2D eigenvalue weighted by Crippen LogP contribution is -2.45. The Morgan fingerprint density at radius 3 is 2.41 bits per heavy atom. The highest BCUT2D eigenvalue weighted by Crippen LogP contribution is 2.14. The van der Waals surface area contributed by atoms with E-state index in [-0.39, 0.29) is 0 Å². The molecule has 1 aromatic rings. The van der Waals surface area contributed by atoms with Crippen LogP contribution in [-0.4, -0.2) is 41.5 Å². The van der Waals surface area contributed by atoms with Crippen molar-refractivity contribution in [2.45, 2.75) is 33.1 Å². The summed E-state index contributed by atoms with van der Waals surface area (Å²) in [6.45, 7) is 4.66. The first-order valence-electron chi connectivity index (χ1n) is 7.31. The molecule has 0 bridgehead atoms. The van der Waals surface area contributed by atoms with Gasteiger partial charge in [0, 0.05) is 37.5 Å². The van der Waals surface area contributed by atoms with E-state index in [1.165, 1.54) is 10.4 Å². The fourth-order valence-corrected chi connectivity index (χ4v) is 3.71. The second-order valence-electron chi connectivity index (χ2n) is 5.47. The van der Waals surface area contributed by atoms with Crippen molar-refractivity contribution in [1.82, 2.24) is 18.8 Å². The number of hydrogen-bond acceptors (Lipinski definition) is 4. The molecule has 0 unspecified atom stereocenters. The molecule has 0 aliphatic carbocycles. The third-order valence-electron chi connectivity index (χ3n) is 3.85. The molecule has 1 fully saturated rings. The lowest BCUT2D eigenvalue weighted by molar-refractivity contribution is -0.114. The second-order valence-corrected chi connectivity index (χ2v) is 7.14. The molecule has 1 N–H and O–H groups in total. The van der Waals surface area contributed by atoms with E-state index in [1.807, 2.05) is 20.9 Å². The van der Waals surface area contributed by atoms with Gasteiger partial charge in [-0.2, -0.15) is 17.8 Å². The number of hydrogen-bond donors (Lipinski definition) is 1. The van der Waals surface area contributed by atoms with Gasteiger partial charge in [0.2, 0.25) is 0 Å². The zero-order valence-electron chi connectivity index (χ0n) is 13.2. The fourth-order valence-electron chi connectivity index (χ4n) is 2.52. The Labute approximate surface area is 131 Å². The van der Waals surface area contributed by atoms with Gasteiger partial charge in [0.25, 0.3) is 5.91 Å². The van der Waals surface area contributed by atoms with Crippen LogP contribution in [0.2, 0.25) is 0 Å². The van der Waals surface area contributed by atoms with Gasteiger partial charge in [-0.05, 0) is 32.8 Å². The molecule has 1 amide bonds. The summed E-state index contributed by atoms with van der Waals surface area (Å²) < 4.78 is 29.3. The Morgan fingerprint density at radius 2 is 1.86 bits per heavy atom. The number of carbonyl (C=O) groups is 1. The molecule has 7 nitrogen and oxygen atoms in total. The van der Waals surface area contributed by atoms with Gasteiger partial charge in [-0.15, -0.1) is 0 Å². The van der Waals surface area contributed by atoms with Gasteiger partial charge in [-0.25, -0.2) is 4.72 Å². The lowest BCUT2D eigenvalue weighted by atomic mass is 10.2. The minimum absolute atomic E-state index is 0.465. The summed E-state index contributed by atoms with van der Waals surface area (Å²) in [7, 11) is -1.92. The first-order valence-corrected chi connectivity index (χ1v) is 8.75. The van der Waals surface area contributed by atoms with Crippen LogP contribution in [0.3, 0.4) is 0 Å². The van der Waals surface area contributed by atoms with E-state index in [2.05, 4.69) is 9.82 Å². The third-order valence-corrected chi connectivity index (χ3v) is 5.36. The minimum Gasteiger partial charge on any atom is -0.272 e. The number of carbonyl (C=O) groups excluding carboxylic acids is 1. The lowest BCUT2D eigenvalue weighted by Gasteiger charge is -2.25. The van der Waals surface area contributed by atoms with Crippen LogP contribution in [0.1, 0.15) is 36.2 Å². The van der Waals surface area contributed by atoms with Crippen LogP contribution in [0.4, 0.5) is 0 Å². The average molecular weight is 326 g/mol. The van der Waals surface area contributed by atoms with E-state index >= 15 is 0 Å². The zero-order chi connectivity index (χ0) is 16.3. The molecule has 122 valence electrons. The predicted molar refractivity (Wildman–Crippen MR) is 84.2 cm³/mol. The Bertz CT molecular complexity index is 685. The van der Waals surface area contributed by atoms with Crippen molar-refractivity contribution in [2.24, 2.45) is 7.05 Å². The molecule has 2 heterocycles. The van der Waals surface area contributed by atoms with Crippen molar-refractivity contribution in [3.8, 4) is 0 Å². The normalized spacial score (nSPS) is 17.0. The molecule has 0 saturated carbocycles. The highest BCUT2D eigenvalue weighted by Gasteiger charge is 2.24. The van der Waals surface area contributed by atoms with Gasteiger partial charge in [0.15, 0.2) is 0 Å². The van der Waals surface area contributed by atoms with Crippen molar-refractivity contribution in [1.29, 1.82) is 0 Å². The molecular formula is C14H22N4O3S. The quantitative estimate of drug-likeness (QED) is 0.833. The molecule has 0 spiro atoms. The van der Waals surface area contributed by atoms with Crippen molar-refractivity contribution in [2.75, 3.05) is 13.1 Å². The molecule has 2 rings (SSSR count). The SMILES string of the molecule is Cc1nn(C)c(C)c1/C=C/C(=O)NS(=O)(=O)N1CCCCC1. The maximum absolute atomic E-state index is 12.1. The summed E-state index contributed by atoms with van der Waals surface area (Å²) >= 11 is 0. The largest absolute Gasteiger partial charge is 0.304 e. The Kier molecular flexibility index (Phi) is 5.02. The second kappa shape index (κ2) is 6.62. The molecule has 22 heavy (non-hydrogen) atoms. The van der Waals surface area contributed by atoms with E-state index in [0.717, 1.165) is 36.2 Å².